The summed E-state index contributed by atoms with van der Waals surface area (Å²) in [6, 6.07) is 0. The third kappa shape index (κ3) is 1.98. The lowest BCUT2D eigenvalue weighted by molar-refractivity contribution is -0.152. The highest BCUT2D eigenvalue weighted by molar-refractivity contribution is 5.90. The minimum atomic E-state index is -0.0679. The number of hydrogen-bond donors (Lipinski definition) is 1. The maximum absolute atomic E-state index is 12.3. The number of rotatable bonds is 1. The van der Waals surface area contributed by atoms with Crippen LogP contribution in [0.5, 0.6) is 0 Å². The SMILES string of the molecule is COC(=O)[C@H]1CC[C@H]2[C@@H]3CC=C4NC(=O)C=C[C@]4(C)[C@H]3CC[C@]12C. The van der Waals surface area contributed by atoms with Crippen molar-refractivity contribution in [3.63, 3.8) is 0 Å². The zero-order valence-corrected chi connectivity index (χ0v) is 14.8. The number of esters is 1. The molecule has 4 nitrogen and oxygen atoms in total. The molecule has 2 saturated carbocycles. The smallest absolute Gasteiger partial charge is 0.309 e. The fourth-order valence-electron chi connectivity index (χ4n) is 6.39. The van der Waals surface area contributed by atoms with Crippen LogP contribution >= 0.6 is 0 Å². The maximum atomic E-state index is 12.3. The summed E-state index contributed by atoms with van der Waals surface area (Å²) in [5.74, 6) is 1.72. The van der Waals surface area contributed by atoms with Crippen molar-refractivity contribution in [2.75, 3.05) is 7.11 Å². The van der Waals surface area contributed by atoms with E-state index < -0.39 is 0 Å². The number of ether oxygens (including phenoxy) is 1. The first-order valence-corrected chi connectivity index (χ1v) is 9.19. The van der Waals surface area contributed by atoms with Gasteiger partial charge in [0.1, 0.15) is 0 Å². The number of nitrogens with one attached hydrogen (secondary N) is 1. The van der Waals surface area contributed by atoms with Crippen molar-refractivity contribution in [2.24, 2.45) is 34.5 Å². The summed E-state index contributed by atoms with van der Waals surface area (Å²) in [5, 5.41) is 3.06. The lowest BCUT2D eigenvalue weighted by Crippen LogP contribution is -2.52. The quantitative estimate of drug-likeness (QED) is 0.752. The van der Waals surface area contributed by atoms with Gasteiger partial charge in [-0.25, -0.2) is 0 Å². The highest BCUT2D eigenvalue weighted by Crippen LogP contribution is 2.64. The van der Waals surface area contributed by atoms with E-state index in [1.54, 1.807) is 6.08 Å². The molecular weight excluding hydrogens is 302 g/mol. The molecule has 4 rings (SSSR count). The zero-order valence-electron chi connectivity index (χ0n) is 14.8. The Morgan fingerprint density at radius 2 is 2.04 bits per heavy atom. The van der Waals surface area contributed by atoms with Crippen LogP contribution < -0.4 is 5.32 Å². The third-order valence-corrected chi connectivity index (χ3v) is 7.71. The van der Waals surface area contributed by atoms with E-state index in [4.69, 9.17) is 4.74 Å². The molecule has 0 radical (unpaired) electrons. The average Bonchev–Trinajstić information content (AvgIpc) is 2.92. The Bertz CT molecular complexity index is 651. The summed E-state index contributed by atoms with van der Waals surface area (Å²) in [6.45, 7) is 4.57. The van der Waals surface area contributed by atoms with Crippen LogP contribution in [0.4, 0.5) is 0 Å². The predicted octanol–water partition coefficient (Wildman–Crippen LogP) is 3.20. The molecular formula is C20H27NO3. The van der Waals surface area contributed by atoms with Crippen molar-refractivity contribution in [1.82, 2.24) is 5.32 Å². The number of carbonyl (C=O) groups is 2. The molecule has 0 unspecified atom stereocenters. The Kier molecular flexibility index (Phi) is 3.45. The van der Waals surface area contributed by atoms with Crippen LogP contribution in [0.3, 0.4) is 0 Å². The van der Waals surface area contributed by atoms with Crippen LogP contribution in [0, 0.1) is 34.5 Å². The van der Waals surface area contributed by atoms with Crippen molar-refractivity contribution >= 4 is 11.9 Å². The summed E-state index contributed by atoms with van der Waals surface area (Å²) >= 11 is 0. The van der Waals surface area contributed by atoms with Gasteiger partial charge in [-0.05, 0) is 55.3 Å². The van der Waals surface area contributed by atoms with Gasteiger partial charge in [0, 0.05) is 17.2 Å². The van der Waals surface area contributed by atoms with Gasteiger partial charge in [-0.3, -0.25) is 9.59 Å². The van der Waals surface area contributed by atoms with Crippen molar-refractivity contribution in [2.45, 2.75) is 46.0 Å². The molecule has 0 bridgehead atoms. The second kappa shape index (κ2) is 5.21. The van der Waals surface area contributed by atoms with Crippen LogP contribution in [0.15, 0.2) is 23.9 Å². The van der Waals surface area contributed by atoms with Crippen molar-refractivity contribution in [3.05, 3.63) is 23.9 Å². The first-order valence-electron chi connectivity index (χ1n) is 9.19. The average molecular weight is 329 g/mol. The topological polar surface area (TPSA) is 55.4 Å². The van der Waals surface area contributed by atoms with E-state index in [9.17, 15) is 9.59 Å². The van der Waals surface area contributed by atoms with Crippen LogP contribution in [-0.4, -0.2) is 19.0 Å². The number of methoxy groups -OCH3 is 1. The van der Waals surface area contributed by atoms with Gasteiger partial charge in [-0.1, -0.05) is 26.0 Å². The molecule has 4 aliphatic rings. The Morgan fingerprint density at radius 3 is 2.79 bits per heavy atom. The largest absolute Gasteiger partial charge is 0.469 e. The zero-order chi connectivity index (χ0) is 17.1. The molecule has 130 valence electrons. The minimum absolute atomic E-state index is 0.00977. The van der Waals surface area contributed by atoms with Gasteiger partial charge in [0.15, 0.2) is 0 Å². The molecule has 1 aliphatic heterocycles. The van der Waals surface area contributed by atoms with Gasteiger partial charge in [-0.15, -0.1) is 0 Å². The Labute approximate surface area is 143 Å². The standard InChI is InChI=1S/C20H27NO3/c1-19-10-8-14-12(13(19)5-6-15(19)18(23)24-3)4-7-16-20(14,2)11-9-17(22)21-16/h7,9,11-15H,4-6,8,10H2,1-3H3,(H,21,22)/t12-,13-,14-,15+,19-,20+/m0/s1. The maximum Gasteiger partial charge on any atom is 0.309 e. The number of allylic oxidation sites excluding steroid dienone is 2. The fraction of sp³-hybridized carbons (Fsp3) is 0.700. The van der Waals surface area contributed by atoms with Gasteiger partial charge in [-0.2, -0.15) is 0 Å². The van der Waals surface area contributed by atoms with Crippen LogP contribution in [0.25, 0.3) is 0 Å². The van der Waals surface area contributed by atoms with E-state index in [1.165, 1.54) is 7.11 Å². The normalized spacial score (nSPS) is 46.3. The summed E-state index contributed by atoms with van der Waals surface area (Å²) in [5.41, 5.74) is 1.08. The molecule has 0 aromatic heterocycles. The van der Waals surface area contributed by atoms with E-state index in [0.717, 1.165) is 37.8 Å². The fourth-order valence-corrected chi connectivity index (χ4v) is 6.39. The third-order valence-electron chi connectivity index (χ3n) is 7.71. The number of hydrogen-bond acceptors (Lipinski definition) is 3. The minimum Gasteiger partial charge on any atom is -0.469 e. The van der Waals surface area contributed by atoms with E-state index in [0.29, 0.717) is 17.8 Å². The van der Waals surface area contributed by atoms with Crippen LogP contribution in [0.1, 0.15) is 46.0 Å². The second-order valence-corrected chi connectivity index (χ2v) is 8.53. The molecule has 24 heavy (non-hydrogen) atoms. The van der Waals surface area contributed by atoms with Crippen molar-refractivity contribution in [3.8, 4) is 0 Å². The molecule has 0 saturated heterocycles. The van der Waals surface area contributed by atoms with E-state index in [1.807, 2.05) is 0 Å². The second-order valence-electron chi connectivity index (χ2n) is 8.53. The molecule has 6 atom stereocenters. The Hall–Kier alpha value is -1.58. The molecule has 4 heteroatoms. The van der Waals surface area contributed by atoms with Gasteiger partial charge < -0.3 is 10.1 Å². The van der Waals surface area contributed by atoms with Crippen LogP contribution in [-0.2, 0) is 14.3 Å². The molecule has 0 aromatic rings. The predicted molar refractivity (Wildman–Crippen MR) is 90.6 cm³/mol. The number of carbonyl (C=O) groups excluding carboxylic acids is 2. The van der Waals surface area contributed by atoms with Crippen molar-refractivity contribution in [1.29, 1.82) is 0 Å². The summed E-state index contributed by atoms with van der Waals surface area (Å²) < 4.78 is 5.09. The van der Waals surface area contributed by atoms with E-state index in [2.05, 4.69) is 31.3 Å². The lowest BCUT2D eigenvalue weighted by Gasteiger charge is -2.55. The Balaban J connectivity index is 1.67. The number of amides is 1. The molecule has 0 aromatic carbocycles. The highest BCUT2D eigenvalue weighted by Gasteiger charge is 2.59. The van der Waals surface area contributed by atoms with Gasteiger partial charge in [0.05, 0.1) is 13.0 Å². The molecule has 0 spiro atoms. The summed E-state index contributed by atoms with van der Waals surface area (Å²) in [4.78, 5) is 24.0. The van der Waals surface area contributed by atoms with Gasteiger partial charge in [0.25, 0.3) is 0 Å². The Morgan fingerprint density at radius 1 is 1.25 bits per heavy atom. The van der Waals surface area contributed by atoms with Gasteiger partial charge >= 0.3 is 5.97 Å². The summed E-state index contributed by atoms with van der Waals surface area (Å²) in [6.07, 6.45) is 11.3. The molecule has 1 N–H and O–H groups in total. The van der Waals surface area contributed by atoms with Gasteiger partial charge in [0.2, 0.25) is 5.91 Å². The first kappa shape index (κ1) is 15.9. The number of fused-ring (bicyclic) bond motifs is 5. The summed E-state index contributed by atoms with van der Waals surface area (Å²) in [7, 11) is 1.51. The molecule has 3 aliphatic carbocycles. The molecule has 1 heterocycles. The highest BCUT2D eigenvalue weighted by atomic mass is 16.5. The molecule has 1 amide bonds. The first-order chi connectivity index (χ1) is 11.4. The monoisotopic (exact) mass is 329 g/mol. The van der Waals surface area contributed by atoms with Crippen LogP contribution in [0.2, 0.25) is 0 Å². The van der Waals surface area contributed by atoms with Crippen molar-refractivity contribution < 1.29 is 14.3 Å². The lowest BCUT2D eigenvalue weighted by atomic mass is 9.50. The van der Waals surface area contributed by atoms with E-state index in [-0.39, 0.29) is 28.6 Å². The van der Waals surface area contributed by atoms with E-state index >= 15 is 0 Å². The molecule has 2 fully saturated rings.